The summed E-state index contributed by atoms with van der Waals surface area (Å²) in [7, 11) is 1.93. The van der Waals surface area contributed by atoms with Gasteiger partial charge in [0.25, 0.3) is 5.56 Å². The third kappa shape index (κ3) is 4.14. The Morgan fingerprint density at radius 2 is 2.11 bits per heavy atom. The van der Waals surface area contributed by atoms with E-state index in [9.17, 15) is 4.79 Å². The van der Waals surface area contributed by atoms with Crippen LogP contribution in [-0.2, 0) is 25.9 Å². The number of pyridine rings is 1. The molecule has 1 N–H and O–H groups in total. The Kier molecular flexibility index (Phi) is 5.25. The van der Waals surface area contributed by atoms with Crippen LogP contribution in [0.3, 0.4) is 0 Å². The molecule has 0 spiro atoms. The van der Waals surface area contributed by atoms with Crippen molar-refractivity contribution in [3.05, 3.63) is 75.4 Å². The van der Waals surface area contributed by atoms with Crippen molar-refractivity contribution in [3.63, 3.8) is 0 Å². The summed E-state index contributed by atoms with van der Waals surface area (Å²) in [5.41, 5.74) is 2.74. The fourth-order valence-corrected chi connectivity index (χ4v) is 3.61. The second-order valence-corrected chi connectivity index (χ2v) is 7.32. The quantitative estimate of drug-likeness (QED) is 0.733. The van der Waals surface area contributed by atoms with Crippen molar-refractivity contribution in [2.75, 3.05) is 25.0 Å². The normalized spacial score (nSPS) is 14.5. The van der Waals surface area contributed by atoms with Crippen LogP contribution in [-0.4, -0.2) is 40.0 Å². The number of anilines is 1. The smallest absolute Gasteiger partial charge is 0.255 e. The molecule has 0 unspecified atom stereocenters. The molecule has 146 valence electrons. The molecule has 4 heterocycles. The van der Waals surface area contributed by atoms with Gasteiger partial charge in [-0.25, -0.2) is 4.98 Å². The molecule has 28 heavy (non-hydrogen) atoms. The SMILES string of the molecule is Cc1ccc(CN2CCc3nc(N(C)Cc4cccnc4)[nH]c(=O)c3CC2)o1. The highest BCUT2D eigenvalue weighted by atomic mass is 16.3. The first-order valence-corrected chi connectivity index (χ1v) is 9.58. The molecule has 7 nitrogen and oxygen atoms in total. The van der Waals surface area contributed by atoms with Gasteiger partial charge in [-0.05, 0) is 37.1 Å². The maximum Gasteiger partial charge on any atom is 0.255 e. The minimum absolute atomic E-state index is 0.0336. The molecule has 1 aliphatic heterocycles. The number of fused-ring (bicyclic) bond motifs is 1. The van der Waals surface area contributed by atoms with Crippen LogP contribution in [0.5, 0.6) is 0 Å². The fourth-order valence-electron chi connectivity index (χ4n) is 3.61. The average Bonchev–Trinajstić information content (AvgIpc) is 2.98. The van der Waals surface area contributed by atoms with Gasteiger partial charge in [0.2, 0.25) is 5.95 Å². The van der Waals surface area contributed by atoms with Crippen molar-refractivity contribution in [1.29, 1.82) is 0 Å². The molecule has 0 atom stereocenters. The van der Waals surface area contributed by atoms with E-state index in [1.54, 1.807) is 6.20 Å². The van der Waals surface area contributed by atoms with E-state index in [0.717, 1.165) is 54.4 Å². The molecule has 0 aliphatic carbocycles. The second-order valence-electron chi connectivity index (χ2n) is 7.32. The van der Waals surface area contributed by atoms with Gasteiger partial charge in [0, 0.05) is 51.1 Å². The number of nitrogens with zero attached hydrogens (tertiary/aromatic N) is 4. The predicted octanol–water partition coefficient (Wildman–Crippen LogP) is 2.30. The zero-order chi connectivity index (χ0) is 19.5. The van der Waals surface area contributed by atoms with Crippen molar-refractivity contribution in [3.8, 4) is 0 Å². The molecule has 0 bridgehead atoms. The van der Waals surface area contributed by atoms with Crippen molar-refractivity contribution in [2.24, 2.45) is 0 Å². The molecule has 0 saturated heterocycles. The number of hydrogen-bond donors (Lipinski definition) is 1. The van der Waals surface area contributed by atoms with Crippen LogP contribution >= 0.6 is 0 Å². The highest BCUT2D eigenvalue weighted by Crippen LogP contribution is 2.17. The Balaban J connectivity index is 1.49. The van der Waals surface area contributed by atoms with Gasteiger partial charge >= 0.3 is 0 Å². The van der Waals surface area contributed by atoms with Crippen molar-refractivity contribution in [2.45, 2.75) is 32.9 Å². The van der Waals surface area contributed by atoms with E-state index in [2.05, 4.69) is 14.9 Å². The molecular weight excluding hydrogens is 354 g/mol. The first kappa shape index (κ1) is 18.4. The van der Waals surface area contributed by atoms with Gasteiger partial charge in [0.15, 0.2) is 0 Å². The van der Waals surface area contributed by atoms with Crippen LogP contribution in [0, 0.1) is 6.92 Å². The summed E-state index contributed by atoms with van der Waals surface area (Å²) in [5, 5.41) is 0. The lowest BCUT2D eigenvalue weighted by Crippen LogP contribution is -2.26. The highest BCUT2D eigenvalue weighted by molar-refractivity contribution is 5.34. The van der Waals surface area contributed by atoms with Gasteiger partial charge in [0.1, 0.15) is 11.5 Å². The van der Waals surface area contributed by atoms with Crippen LogP contribution < -0.4 is 10.5 Å². The number of nitrogens with one attached hydrogen (secondary N) is 1. The Bertz CT molecular complexity index is 996. The standard InChI is InChI=1S/C21H25N5O2/c1-15-5-6-17(28-15)14-26-10-7-18-19(8-11-26)23-21(24-20(18)27)25(2)13-16-4-3-9-22-12-16/h3-6,9,12H,7-8,10-11,13-14H2,1-2H3,(H,23,24,27). The third-order valence-corrected chi connectivity index (χ3v) is 5.11. The Morgan fingerprint density at radius 1 is 1.25 bits per heavy atom. The number of aromatic nitrogens is 3. The van der Waals surface area contributed by atoms with Crippen LogP contribution in [0.15, 0.2) is 45.9 Å². The molecule has 3 aromatic heterocycles. The Labute approximate surface area is 164 Å². The van der Waals surface area contributed by atoms with E-state index in [1.165, 1.54) is 0 Å². The van der Waals surface area contributed by atoms with E-state index in [1.807, 2.05) is 49.3 Å². The zero-order valence-corrected chi connectivity index (χ0v) is 16.3. The molecular formula is C21H25N5O2. The molecule has 7 heteroatoms. The molecule has 0 amide bonds. The largest absolute Gasteiger partial charge is 0.465 e. The number of hydrogen-bond acceptors (Lipinski definition) is 6. The summed E-state index contributed by atoms with van der Waals surface area (Å²) >= 11 is 0. The first-order valence-electron chi connectivity index (χ1n) is 9.58. The molecule has 0 radical (unpaired) electrons. The first-order chi connectivity index (χ1) is 13.6. The topological polar surface area (TPSA) is 78.3 Å². The lowest BCUT2D eigenvalue weighted by molar-refractivity contribution is 0.253. The Morgan fingerprint density at radius 3 is 2.86 bits per heavy atom. The number of rotatable bonds is 5. The minimum atomic E-state index is -0.0336. The van der Waals surface area contributed by atoms with Crippen LogP contribution in [0.4, 0.5) is 5.95 Å². The van der Waals surface area contributed by atoms with E-state index in [-0.39, 0.29) is 5.56 Å². The molecule has 0 aromatic carbocycles. The van der Waals surface area contributed by atoms with E-state index in [0.29, 0.717) is 18.9 Å². The van der Waals surface area contributed by atoms with E-state index >= 15 is 0 Å². The van der Waals surface area contributed by atoms with Crippen molar-refractivity contribution >= 4 is 5.95 Å². The van der Waals surface area contributed by atoms with Gasteiger partial charge in [-0.15, -0.1) is 0 Å². The van der Waals surface area contributed by atoms with Gasteiger partial charge in [-0.2, -0.15) is 0 Å². The van der Waals surface area contributed by atoms with Crippen LogP contribution in [0.25, 0.3) is 0 Å². The van der Waals surface area contributed by atoms with Gasteiger partial charge in [-0.1, -0.05) is 6.07 Å². The van der Waals surface area contributed by atoms with Gasteiger partial charge in [0.05, 0.1) is 12.2 Å². The third-order valence-electron chi connectivity index (χ3n) is 5.11. The van der Waals surface area contributed by atoms with E-state index < -0.39 is 0 Å². The van der Waals surface area contributed by atoms with E-state index in [4.69, 9.17) is 9.40 Å². The molecule has 0 saturated carbocycles. The second kappa shape index (κ2) is 7.98. The maximum absolute atomic E-state index is 12.7. The van der Waals surface area contributed by atoms with Gasteiger partial charge in [-0.3, -0.25) is 19.7 Å². The summed E-state index contributed by atoms with van der Waals surface area (Å²) in [5.74, 6) is 2.48. The monoisotopic (exact) mass is 379 g/mol. The summed E-state index contributed by atoms with van der Waals surface area (Å²) in [6.45, 7) is 5.03. The summed E-state index contributed by atoms with van der Waals surface area (Å²) in [4.78, 5) is 28.8. The molecule has 3 aromatic rings. The number of H-pyrrole nitrogens is 1. The highest BCUT2D eigenvalue weighted by Gasteiger charge is 2.20. The van der Waals surface area contributed by atoms with Crippen LogP contribution in [0.2, 0.25) is 0 Å². The maximum atomic E-state index is 12.7. The number of furan rings is 1. The lowest BCUT2D eigenvalue weighted by Gasteiger charge is -2.19. The van der Waals surface area contributed by atoms with Gasteiger partial charge < -0.3 is 9.32 Å². The summed E-state index contributed by atoms with van der Waals surface area (Å²) < 4.78 is 5.70. The fraction of sp³-hybridized carbons (Fsp3) is 0.381. The van der Waals surface area contributed by atoms with Crippen molar-refractivity contribution < 1.29 is 4.42 Å². The lowest BCUT2D eigenvalue weighted by atomic mass is 10.1. The number of aryl methyl sites for hydroxylation is 1. The summed E-state index contributed by atoms with van der Waals surface area (Å²) in [6.07, 6.45) is 5.03. The molecule has 4 rings (SSSR count). The molecule has 1 aliphatic rings. The number of aromatic amines is 1. The summed E-state index contributed by atoms with van der Waals surface area (Å²) in [6, 6.07) is 7.92. The average molecular weight is 379 g/mol. The van der Waals surface area contributed by atoms with Crippen LogP contribution in [0.1, 0.15) is 28.3 Å². The predicted molar refractivity (Wildman–Crippen MR) is 107 cm³/mol. The zero-order valence-electron chi connectivity index (χ0n) is 16.3. The Hall–Kier alpha value is -2.93. The van der Waals surface area contributed by atoms with Crippen molar-refractivity contribution in [1.82, 2.24) is 19.9 Å². The minimum Gasteiger partial charge on any atom is -0.465 e. The molecule has 0 fully saturated rings.